The summed E-state index contributed by atoms with van der Waals surface area (Å²) in [6.07, 6.45) is -3.05. The third-order valence-electron chi connectivity index (χ3n) is 3.40. The number of rotatable bonds is 7. The summed E-state index contributed by atoms with van der Waals surface area (Å²) in [5.41, 5.74) is 5.94. The molecule has 2 N–H and O–H groups in total. The molecule has 0 fully saturated rings. The van der Waals surface area contributed by atoms with Crippen LogP contribution in [0, 0.1) is 0 Å². The molecule has 0 amide bonds. The van der Waals surface area contributed by atoms with E-state index in [0.717, 1.165) is 18.6 Å². The summed E-state index contributed by atoms with van der Waals surface area (Å²) in [6, 6.07) is 3.66. The Labute approximate surface area is 127 Å². The maximum absolute atomic E-state index is 12.8. The molecule has 1 heterocycles. The smallest absolute Gasteiger partial charge is 0.382 e. The molecular formula is C15H20F3N3O. The van der Waals surface area contributed by atoms with Crippen molar-refractivity contribution in [1.82, 2.24) is 9.55 Å². The van der Waals surface area contributed by atoms with Gasteiger partial charge >= 0.3 is 6.18 Å². The van der Waals surface area contributed by atoms with Gasteiger partial charge in [-0.05, 0) is 38.1 Å². The largest absolute Gasteiger partial charge is 0.416 e. The summed E-state index contributed by atoms with van der Waals surface area (Å²) >= 11 is 0. The molecule has 0 aliphatic rings. The zero-order valence-corrected chi connectivity index (χ0v) is 12.5. The second-order valence-electron chi connectivity index (χ2n) is 4.97. The Morgan fingerprint density at radius 2 is 2.09 bits per heavy atom. The number of nitrogens with zero attached hydrogens (tertiary/aromatic N) is 2. The molecule has 1 aromatic heterocycles. The number of hydrogen-bond donors (Lipinski definition) is 1. The number of aryl methyl sites for hydroxylation is 1. The predicted octanol–water partition coefficient (Wildman–Crippen LogP) is 2.98. The van der Waals surface area contributed by atoms with Crippen molar-refractivity contribution in [2.75, 3.05) is 19.8 Å². The van der Waals surface area contributed by atoms with Crippen molar-refractivity contribution in [2.45, 2.75) is 32.5 Å². The van der Waals surface area contributed by atoms with E-state index >= 15 is 0 Å². The highest BCUT2D eigenvalue weighted by molar-refractivity contribution is 5.77. The Bertz CT molecular complexity index is 622. The standard InChI is InChI=1S/C15H20F3N3O/c1-2-22-9-3-8-21-13-5-4-11(15(16,17)18)10-12(13)20-14(21)6-7-19/h4-5,10H,2-3,6-9,19H2,1H3. The molecule has 2 aromatic rings. The van der Waals surface area contributed by atoms with Crippen LogP contribution >= 0.6 is 0 Å². The van der Waals surface area contributed by atoms with Crippen molar-refractivity contribution in [3.05, 3.63) is 29.6 Å². The summed E-state index contributed by atoms with van der Waals surface area (Å²) in [4.78, 5) is 4.32. The van der Waals surface area contributed by atoms with E-state index in [9.17, 15) is 13.2 Å². The van der Waals surface area contributed by atoms with Gasteiger partial charge in [-0.15, -0.1) is 0 Å². The second kappa shape index (κ2) is 7.11. The Kier molecular flexibility index (Phi) is 5.42. The summed E-state index contributed by atoms with van der Waals surface area (Å²) in [7, 11) is 0. The number of hydrogen-bond acceptors (Lipinski definition) is 3. The van der Waals surface area contributed by atoms with Crippen LogP contribution in [-0.2, 0) is 23.9 Å². The summed E-state index contributed by atoms with van der Waals surface area (Å²) in [6.45, 7) is 4.23. The number of imidazole rings is 1. The molecule has 7 heteroatoms. The molecule has 0 saturated heterocycles. The van der Waals surface area contributed by atoms with Crippen LogP contribution in [0.2, 0.25) is 0 Å². The van der Waals surface area contributed by atoms with Crippen LogP contribution < -0.4 is 5.73 Å². The highest BCUT2D eigenvalue weighted by Crippen LogP contribution is 2.31. The van der Waals surface area contributed by atoms with Gasteiger partial charge in [-0.2, -0.15) is 13.2 Å². The lowest BCUT2D eigenvalue weighted by Gasteiger charge is -2.09. The summed E-state index contributed by atoms with van der Waals surface area (Å²) in [5.74, 6) is 0.716. The van der Waals surface area contributed by atoms with E-state index in [-0.39, 0.29) is 0 Å². The molecule has 0 radical (unpaired) electrons. The first-order valence-electron chi connectivity index (χ1n) is 7.31. The zero-order valence-electron chi connectivity index (χ0n) is 12.5. The highest BCUT2D eigenvalue weighted by Gasteiger charge is 2.31. The van der Waals surface area contributed by atoms with Gasteiger partial charge in [0.2, 0.25) is 0 Å². The third kappa shape index (κ3) is 3.78. The van der Waals surface area contributed by atoms with Gasteiger partial charge in [0.15, 0.2) is 0 Å². The average molecular weight is 315 g/mol. The lowest BCUT2D eigenvalue weighted by atomic mass is 10.2. The van der Waals surface area contributed by atoms with Crippen LogP contribution in [0.15, 0.2) is 18.2 Å². The predicted molar refractivity (Wildman–Crippen MR) is 78.6 cm³/mol. The number of ether oxygens (including phenoxy) is 1. The van der Waals surface area contributed by atoms with E-state index in [4.69, 9.17) is 10.5 Å². The fourth-order valence-corrected chi connectivity index (χ4v) is 2.39. The fourth-order valence-electron chi connectivity index (χ4n) is 2.39. The molecule has 1 aromatic carbocycles. The average Bonchev–Trinajstić information content (AvgIpc) is 2.80. The van der Waals surface area contributed by atoms with Crippen LogP contribution in [0.3, 0.4) is 0 Å². The van der Waals surface area contributed by atoms with E-state index in [1.54, 1.807) is 0 Å². The number of aromatic nitrogens is 2. The van der Waals surface area contributed by atoms with Gasteiger partial charge in [-0.3, -0.25) is 0 Å². The van der Waals surface area contributed by atoms with Crippen LogP contribution in [-0.4, -0.2) is 29.3 Å². The molecule has 0 atom stereocenters. The van der Waals surface area contributed by atoms with E-state index in [1.165, 1.54) is 6.07 Å². The molecule has 0 spiro atoms. The number of halogens is 3. The van der Waals surface area contributed by atoms with Gasteiger partial charge < -0.3 is 15.0 Å². The van der Waals surface area contributed by atoms with E-state index in [1.807, 2.05) is 11.5 Å². The highest BCUT2D eigenvalue weighted by atomic mass is 19.4. The Hall–Kier alpha value is -1.60. The van der Waals surface area contributed by atoms with Crippen molar-refractivity contribution in [3.63, 3.8) is 0 Å². The minimum absolute atomic E-state index is 0.356. The first-order chi connectivity index (χ1) is 10.5. The fraction of sp³-hybridized carbons (Fsp3) is 0.533. The van der Waals surface area contributed by atoms with Gasteiger partial charge in [0.05, 0.1) is 16.6 Å². The first kappa shape index (κ1) is 16.8. The topological polar surface area (TPSA) is 53.1 Å². The van der Waals surface area contributed by atoms with E-state index in [2.05, 4.69) is 4.98 Å². The lowest BCUT2D eigenvalue weighted by Crippen LogP contribution is -2.11. The molecule has 2 rings (SSSR count). The van der Waals surface area contributed by atoms with Gasteiger partial charge in [0.1, 0.15) is 5.82 Å². The molecule has 0 bridgehead atoms. The molecule has 22 heavy (non-hydrogen) atoms. The number of nitrogens with two attached hydrogens (primary N) is 1. The molecule has 0 aliphatic carbocycles. The van der Waals surface area contributed by atoms with Crippen LogP contribution in [0.25, 0.3) is 11.0 Å². The molecule has 0 unspecified atom stereocenters. The Morgan fingerprint density at radius 3 is 2.73 bits per heavy atom. The van der Waals surface area contributed by atoms with Crippen molar-refractivity contribution in [1.29, 1.82) is 0 Å². The van der Waals surface area contributed by atoms with E-state index in [0.29, 0.717) is 49.6 Å². The maximum Gasteiger partial charge on any atom is 0.416 e. The molecular weight excluding hydrogens is 295 g/mol. The second-order valence-corrected chi connectivity index (χ2v) is 4.97. The molecule has 122 valence electrons. The van der Waals surface area contributed by atoms with Crippen molar-refractivity contribution < 1.29 is 17.9 Å². The number of fused-ring (bicyclic) bond motifs is 1. The van der Waals surface area contributed by atoms with Crippen LogP contribution in [0.5, 0.6) is 0 Å². The van der Waals surface area contributed by atoms with Crippen molar-refractivity contribution in [3.8, 4) is 0 Å². The van der Waals surface area contributed by atoms with Gasteiger partial charge in [0, 0.05) is 26.2 Å². The van der Waals surface area contributed by atoms with Gasteiger partial charge in [-0.25, -0.2) is 4.98 Å². The van der Waals surface area contributed by atoms with Gasteiger partial charge in [-0.1, -0.05) is 0 Å². The maximum atomic E-state index is 12.8. The normalized spacial score (nSPS) is 12.2. The molecule has 0 aliphatic heterocycles. The van der Waals surface area contributed by atoms with Crippen molar-refractivity contribution in [2.24, 2.45) is 5.73 Å². The van der Waals surface area contributed by atoms with Crippen LogP contribution in [0.1, 0.15) is 24.7 Å². The minimum Gasteiger partial charge on any atom is -0.382 e. The Balaban J connectivity index is 2.33. The zero-order chi connectivity index (χ0) is 16.2. The SMILES string of the molecule is CCOCCCn1c(CCN)nc2cc(C(F)(F)F)ccc21. The first-order valence-corrected chi connectivity index (χ1v) is 7.31. The monoisotopic (exact) mass is 315 g/mol. The number of alkyl halides is 3. The Morgan fingerprint density at radius 1 is 1.32 bits per heavy atom. The minimum atomic E-state index is -4.36. The quantitative estimate of drug-likeness (QED) is 0.799. The summed E-state index contributed by atoms with van der Waals surface area (Å²) in [5, 5.41) is 0. The van der Waals surface area contributed by atoms with Crippen LogP contribution in [0.4, 0.5) is 13.2 Å². The van der Waals surface area contributed by atoms with Crippen molar-refractivity contribution >= 4 is 11.0 Å². The number of benzene rings is 1. The summed E-state index contributed by atoms with van der Waals surface area (Å²) < 4.78 is 45.6. The molecule has 4 nitrogen and oxygen atoms in total. The molecule has 0 saturated carbocycles. The third-order valence-corrected chi connectivity index (χ3v) is 3.40. The van der Waals surface area contributed by atoms with E-state index < -0.39 is 11.7 Å². The van der Waals surface area contributed by atoms with Gasteiger partial charge in [0.25, 0.3) is 0 Å². The lowest BCUT2D eigenvalue weighted by molar-refractivity contribution is -0.137.